The second kappa shape index (κ2) is 5.93. The van der Waals surface area contributed by atoms with Gasteiger partial charge < -0.3 is 20.8 Å². The standard InChI is InChI=1S/C16H19N3O3/c1-8-14(10(3)20)9(2)18-15(8)16(21)19-13-7-11(22-4)5-6-12(13)17/h5-7,18H,17H2,1-4H3,(H,19,21). The normalized spacial score (nSPS) is 10.4. The van der Waals surface area contributed by atoms with Gasteiger partial charge in [-0.05, 0) is 38.5 Å². The van der Waals surface area contributed by atoms with Gasteiger partial charge in [0.1, 0.15) is 11.4 Å². The van der Waals surface area contributed by atoms with Gasteiger partial charge in [0.25, 0.3) is 5.91 Å². The van der Waals surface area contributed by atoms with Crippen molar-refractivity contribution in [1.82, 2.24) is 4.98 Å². The first-order chi connectivity index (χ1) is 10.3. The predicted molar refractivity (Wildman–Crippen MR) is 85.6 cm³/mol. The predicted octanol–water partition coefficient (Wildman–Crippen LogP) is 2.68. The molecule has 1 aromatic heterocycles. The third-order valence-electron chi connectivity index (χ3n) is 3.53. The number of Topliss-reactive ketones (excluding diaryl/α,β-unsaturated/α-hetero) is 1. The molecule has 2 aromatic rings. The number of aromatic amines is 1. The van der Waals surface area contributed by atoms with Crippen molar-refractivity contribution in [1.29, 1.82) is 0 Å². The van der Waals surface area contributed by atoms with Crippen LogP contribution in [0.3, 0.4) is 0 Å². The Morgan fingerprint density at radius 2 is 1.95 bits per heavy atom. The molecule has 0 saturated heterocycles. The van der Waals surface area contributed by atoms with Gasteiger partial charge in [0.05, 0.1) is 18.5 Å². The van der Waals surface area contributed by atoms with Crippen molar-refractivity contribution in [3.05, 3.63) is 40.7 Å². The third kappa shape index (κ3) is 2.81. The molecule has 116 valence electrons. The number of nitrogens with two attached hydrogens (primary N) is 1. The van der Waals surface area contributed by atoms with Crippen LogP contribution in [0.4, 0.5) is 11.4 Å². The number of methoxy groups -OCH3 is 1. The number of aryl methyl sites for hydroxylation is 1. The summed E-state index contributed by atoms with van der Waals surface area (Å²) in [7, 11) is 1.54. The average Bonchev–Trinajstić information content (AvgIpc) is 2.76. The van der Waals surface area contributed by atoms with Crippen LogP contribution in [0.5, 0.6) is 5.75 Å². The van der Waals surface area contributed by atoms with Crippen LogP contribution >= 0.6 is 0 Å². The first-order valence-electron chi connectivity index (χ1n) is 6.80. The van der Waals surface area contributed by atoms with Crippen LogP contribution in [0.15, 0.2) is 18.2 Å². The molecular formula is C16H19N3O3. The first kappa shape index (κ1) is 15.6. The van der Waals surface area contributed by atoms with Gasteiger partial charge in [-0.1, -0.05) is 0 Å². The number of H-pyrrole nitrogens is 1. The maximum atomic E-state index is 12.4. The molecule has 0 fully saturated rings. The fraction of sp³-hybridized carbons (Fsp3) is 0.250. The van der Waals surface area contributed by atoms with Crippen LogP contribution in [0, 0.1) is 13.8 Å². The summed E-state index contributed by atoms with van der Waals surface area (Å²) in [6.45, 7) is 4.98. The number of carbonyl (C=O) groups excluding carboxylic acids is 2. The molecule has 4 N–H and O–H groups in total. The number of carbonyl (C=O) groups is 2. The highest BCUT2D eigenvalue weighted by Gasteiger charge is 2.20. The molecule has 6 nitrogen and oxygen atoms in total. The van der Waals surface area contributed by atoms with E-state index in [-0.39, 0.29) is 11.7 Å². The molecule has 0 spiro atoms. The van der Waals surface area contributed by atoms with Crippen LogP contribution in [-0.4, -0.2) is 23.8 Å². The molecule has 0 aliphatic heterocycles. The molecule has 6 heteroatoms. The van der Waals surface area contributed by atoms with Gasteiger partial charge in [-0.15, -0.1) is 0 Å². The summed E-state index contributed by atoms with van der Waals surface area (Å²) in [6.07, 6.45) is 0. The molecule has 22 heavy (non-hydrogen) atoms. The van der Waals surface area contributed by atoms with E-state index in [0.29, 0.717) is 39.6 Å². The monoisotopic (exact) mass is 301 g/mol. The molecule has 0 bridgehead atoms. The smallest absolute Gasteiger partial charge is 0.272 e. The van der Waals surface area contributed by atoms with Gasteiger partial charge in [-0.2, -0.15) is 0 Å². The second-order valence-electron chi connectivity index (χ2n) is 5.09. The van der Waals surface area contributed by atoms with E-state index in [1.807, 2.05) is 0 Å². The number of aromatic nitrogens is 1. The average molecular weight is 301 g/mol. The number of hydrogen-bond donors (Lipinski definition) is 3. The van der Waals surface area contributed by atoms with E-state index in [2.05, 4.69) is 10.3 Å². The van der Waals surface area contributed by atoms with Crippen molar-refractivity contribution >= 4 is 23.1 Å². The zero-order valence-electron chi connectivity index (χ0n) is 13.0. The van der Waals surface area contributed by atoms with Gasteiger partial charge in [0.2, 0.25) is 0 Å². The summed E-state index contributed by atoms with van der Waals surface area (Å²) in [5.74, 6) is 0.160. The van der Waals surface area contributed by atoms with E-state index >= 15 is 0 Å². The lowest BCUT2D eigenvalue weighted by Crippen LogP contribution is -2.15. The molecule has 2 rings (SSSR count). The Morgan fingerprint density at radius 1 is 1.27 bits per heavy atom. The van der Waals surface area contributed by atoms with Gasteiger partial charge >= 0.3 is 0 Å². The van der Waals surface area contributed by atoms with Crippen LogP contribution in [-0.2, 0) is 0 Å². The van der Waals surface area contributed by atoms with Crippen LogP contribution in [0.1, 0.15) is 39.0 Å². The maximum absolute atomic E-state index is 12.4. The molecule has 0 aliphatic rings. The number of hydrogen-bond acceptors (Lipinski definition) is 4. The number of anilines is 2. The number of nitrogens with one attached hydrogen (secondary N) is 2. The van der Waals surface area contributed by atoms with Crippen molar-refractivity contribution in [3.63, 3.8) is 0 Å². The number of ether oxygens (including phenoxy) is 1. The van der Waals surface area contributed by atoms with Crippen LogP contribution in [0.2, 0.25) is 0 Å². The van der Waals surface area contributed by atoms with Gasteiger partial charge in [0, 0.05) is 17.3 Å². The lowest BCUT2D eigenvalue weighted by Gasteiger charge is -2.10. The summed E-state index contributed by atoms with van der Waals surface area (Å²) in [6, 6.07) is 5.01. The van der Waals surface area contributed by atoms with Gasteiger partial charge in [-0.25, -0.2) is 0 Å². The van der Waals surface area contributed by atoms with Gasteiger partial charge in [0.15, 0.2) is 5.78 Å². The number of benzene rings is 1. The van der Waals surface area contributed by atoms with Crippen LogP contribution < -0.4 is 15.8 Å². The number of ketones is 1. The Balaban J connectivity index is 2.34. The molecule has 0 saturated carbocycles. The Bertz CT molecular complexity index is 747. The fourth-order valence-corrected chi connectivity index (χ4v) is 2.46. The maximum Gasteiger partial charge on any atom is 0.272 e. The van der Waals surface area contributed by atoms with Gasteiger partial charge in [-0.3, -0.25) is 9.59 Å². The molecule has 1 heterocycles. The molecule has 0 radical (unpaired) electrons. The minimum atomic E-state index is -0.354. The van der Waals surface area contributed by atoms with Crippen molar-refractivity contribution < 1.29 is 14.3 Å². The van der Waals surface area contributed by atoms with E-state index in [1.54, 1.807) is 32.0 Å². The molecule has 1 aromatic carbocycles. The topological polar surface area (TPSA) is 97.2 Å². The molecule has 0 unspecified atom stereocenters. The highest BCUT2D eigenvalue weighted by atomic mass is 16.5. The minimum absolute atomic E-state index is 0.0776. The molecule has 0 atom stereocenters. The summed E-state index contributed by atoms with van der Waals surface area (Å²) < 4.78 is 5.12. The zero-order valence-corrected chi connectivity index (χ0v) is 13.0. The van der Waals surface area contributed by atoms with Crippen LogP contribution in [0.25, 0.3) is 0 Å². The summed E-state index contributed by atoms with van der Waals surface area (Å²) in [4.78, 5) is 27.0. The van der Waals surface area contributed by atoms with E-state index < -0.39 is 0 Å². The summed E-state index contributed by atoms with van der Waals surface area (Å²) in [5.41, 5.74) is 8.95. The Labute approximate surface area is 128 Å². The molecule has 0 aliphatic carbocycles. The number of nitrogen functional groups attached to an aromatic ring is 1. The van der Waals surface area contributed by atoms with E-state index in [4.69, 9.17) is 10.5 Å². The minimum Gasteiger partial charge on any atom is -0.497 e. The van der Waals surface area contributed by atoms with Crippen molar-refractivity contribution in [2.75, 3.05) is 18.2 Å². The van der Waals surface area contributed by atoms with Crippen molar-refractivity contribution in [2.24, 2.45) is 0 Å². The second-order valence-corrected chi connectivity index (χ2v) is 5.09. The van der Waals surface area contributed by atoms with E-state index in [9.17, 15) is 9.59 Å². The van der Waals surface area contributed by atoms with E-state index in [1.165, 1.54) is 14.0 Å². The number of rotatable bonds is 4. The fourth-order valence-electron chi connectivity index (χ4n) is 2.46. The molecule has 1 amide bonds. The largest absolute Gasteiger partial charge is 0.497 e. The SMILES string of the molecule is COc1ccc(N)c(NC(=O)c2[nH]c(C)c(C(C)=O)c2C)c1. The lowest BCUT2D eigenvalue weighted by atomic mass is 10.1. The van der Waals surface area contributed by atoms with E-state index in [0.717, 1.165) is 0 Å². The first-order valence-corrected chi connectivity index (χ1v) is 6.80. The highest BCUT2D eigenvalue weighted by molar-refractivity contribution is 6.08. The number of amides is 1. The summed E-state index contributed by atoms with van der Waals surface area (Å²) >= 11 is 0. The Hall–Kier alpha value is -2.76. The van der Waals surface area contributed by atoms with Crippen molar-refractivity contribution in [3.8, 4) is 5.75 Å². The lowest BCUT2D eigenvalue weighted by molar-refractivity contribution is 0.101. The molecular weight excluding hydrogens is 282 g/mol. The van der Waals surface area contributed by atoms with Crippen molar-refractivity contribution in [2.45, 2.75) is 20.8 Å². The quantitative estimate of drug-likeness (QED) is 0.597. The zero-order chi connectivity index (χ0) is 16.4. The third-order valence-corrected chi connectivity index (χ3v) is 3.53. The highest BCUT2D eigenvalue weighted by Crippen LogP contribution is 2.26. The summed E-state index contributed by atoms with van der Waals surface area (Å²) in [5, 5.41) is 2.74. The Morgan fingerprint density at radius 3 is 2.50 bits per heavy atom. The Kier molecular flexibility index (Phi) is 4.21.